The average molecular weight is 396 g/mol. The van der Waals surface area contributed by atoms with E-state index in [0.717, 1.165) is 28.7 Å². The summed E-state index contributed by atoms with van der Waals surface area (Å²) in [6.07, 6.45) is 6.79. The van der Waals surface area contributed by atoms with Crippen molar-refractivity contribution in [1.29, 1.82) is 0 Å². The third kappa shape index (κ3) is 3.71. The molecular weight excluding hydrogens is 368 g/mol. The van der Waals surface area contributed by atoms with E-state index in [4.69, 9.17) is 9.72 Å². The number of hydrogen-bond acceptors (Lipinski definition) is 5. The lowest BCUT2D eigenvalue weighted by Gasteiger charge is -2.22. The van der Waals surface area contributed by atoms with Gasteiger partial charge >= 0.3 is 0 Å². The minimum Gasteiger partial charge on any atom is -0.472 e. The summed E-state index contributed by atoms with van der Waals surface area (Å²) < 4.78 is 10.2. The number of rotatable bonds is 5. The number of aryl methyl sites for hydroxylation is 1. The van der Waals surface area contributed by atoms with Gasteiger partial charge in [0.25, 0.3) is 0 Å². The van der Waals surface area contributed by atoms with Crippen molar-refractivity contribution < 1.29 is 9.53 Å². The molecule has 1 unspecified atom stereocenters. The molecule has 29 heavy (non-hydrogen) atoms. The van der Waals surface area contributed by atoms with Gasteiger partial charge in [0.1, 0.15) is 11.6 Å². The van der Waals surface area contributed by atoms with Gasteiger partial charge in [0.05, 0.1) is 29.3 Å². The van der Waals surface area contributed by atoms with Crippen LogP contribution in [0.1, 0.15) is 40.5 Å². The highest BCUT2D eigenvalue weighted by molar-refractivity contribution is 5.84. The van der Waals surface area contributed by atoms with Gasteiger partial charge in [-0.3, -0.25) is 9.48 Å². The largest absolute Gasteiger partial charge is 0.472 e. The minimum absolute atomic E-state index is 0.0824. The Morgan fingerprint density at radius 1 is 1.38 bits per heavy atom. The van der Waals surface area contributed by atoms with Crippen LogP contribution in [-0.4, -0.2) is 42.9 Å². The van der Waals surface area contributed by atoms with Crippen molar-refractivity contribution in [3.8, 4) is 17.1 Å². The first-order valence-electron chi connectivity index (χ1n) is 10.1. The molecule has 0 aliphatic carbocycles. The van der Waals surface area contributed by atoms with Crippen LogP contribution in [0, 0.1) is 5.92 Å². The Morgan fingerprint density at radius 2 is 2.17 bits per heavy atom. The molecule has 8 heteroatoms. The molecule has 3 aromatic heterocycles. The second-order valence-corrected chi connectivity index (χ2v) is 8.71. The molecule has 1 fully saturated rings. The van der Waals surface area contributed by atoms with Crippen LogP contribution in [0.4, 0.5) is 0 Å². The third-order valence-corrected chi connectivity index (χ3v) is 5.43. The van der Waals surface area contributed by atoms with Crippen LogP contribution in [0.2, 0.25) is 0 Å². The molecule has 3 aromatic rings. The summed E-state index contributed by atoms with van der Waals surface area (Å²) in [5.41, 5.74) is 3.27. The van der Waals surface area contributed by atoms with Gasteiger partial charge in [-0.2, -0.15) is 5.10 Å². The molecule has 1 aliphatic heterocycles. The molecule has 0 bridgehead atoms. The monoisotopic (exact) mass is 396 g/mol. The summed E-state index contributed by atoms with van der Waals surface area (Å²) in [5.74, 6) is 0.774. The Balaban J connectivity index is 1.73. The summed E-state index contributed by atoms with van der Waals surface area (Å²) >= 11 is 0. The predicted octanol–water partition coefficient (Wildman–Crippen LogP) is 2.88. The van der Waals surface area contributed by atoms with Crippen LogP contribution in [0.5, 0.6) is 5.88 Å². The summed E-state index contributed by atoms with van der Waals surface area (Å²) in [6, 6.07) is 1.97. The Hall–Kier alpha value is -2.90. The van der Waals surface area contributed by atoms with E-state index in [9.17, 15) is 4.79 Å². The Morgan fingerprint density at radius 3 is 2.79 bits per heavy atom. The fraction of sp³-hybridized carbons (Fsp3) is 0.524. The van der Waals surface area contributed by atoms with E-state index in [1.54, 1.807) is 6.33 Å². The van der Waals surface area contributed by atoms with Crippen molar-refractivity contribution in [3.63, 3.8) is 0 Å². The summed E-state index contributed by atoms with van der Waals surface area (Å²) in [7, 11) is 1.93. The second kappa shape index (κ2) is 7.17. The molecule has 0 aromatic carbocycles. The van der Waals surface area contributed by atoms with Crippen molar-refractivity contribution in [2.75, 3.05) is 6.54 Å². The van der Waals surface area contributed by atoms with Gasteiger partial charge in [0, 0.05) is 37.7 Å². The number of hydrogen-bond donors (Lipinski definition) is 1. The fourth-order valence-corrected chi connectivity index (χ4v) is 3.74. The molecule has 1 amide bonds. The van der Waals surface area contributed by atoms with Crippen LogP contribution in [0.3, 0.4) is 0 Å². The molecule has 1 N–H and O–H groups in total. The van der Waals surface area contributed by atoms with E-state index >= 15 is 0 Å². The van der Waals surface area contributed by atoms with Crippen molar-refractivity contribution >= 4 is 16.9 Å². The highest BCUT2D eigenvalue weighted by Gasteiger charge is 2.31. The van der Waals surface area contributed by atoms with Crippen LogP contribution in [-0.2, 0) is 17.4 Å². The molecule has 8 nitrogen and oxygen atoms in total. The molecule has 1 saturated heterocycles. The van der Waals surface area contributed by atoms with Gasteiger partial charge < -0.3 is 14.6 Å². The molecule has 154 valence electrons. The lowest BCUT2D eigenvalue weighted by molar-refractivity contribution is -0.119. The van der Waals surface area contributed by atoms with Gasteiger partial charge in [0.15, 0.2) is 0 Å². The molecular formula is C21H28N6O2. The van der Waals surface area contributed by atoms with E-state index in [2.05, 4.69) is 43.1 Å². The molecule has 0 saturated carbocycles. The number of nitrogens with zero attached hydrogens (tertiary/aromatic N) is 5. The Labute approximate surface area is 170 Å². The number of pyridine rings is 1. The molecule has 4 rings (SSSR count). The van der Waals surface area contributed by atoms with Crippen molar-refractivity contribution in [2.24, 2.45) is 13.0 Å². The van der Waals surface area contributed by atoms with Crippen LogP contribution in [0.15, 0.2) is 24.8 Å². The first kappa shape index (κ1) is 19.4. The second-order valence-electron chi connectivity index (χ2n) is 8.71. The summed E-state index contributed by atoms with van der Waals surface area (Å²) in [6.45, 7) is 9.04. The quantitative estimate of drug-likeness (QED) is 0.717. The number of carbonyl (C=O) groups is 1. The zero-order valence-corrected chi connectivity index (χ0v) is 17.6. The van der Waals surface area contributed by atoms with E-state index in [1.165, 1.54) is 0 Å². The van der Waals surface area contributed by atoms with Crippen LogP contribution < -0.4 is 10.1 Å². The predicted molar refractivity (Wildman–Crippen MR) is 111 cm³/mol. The van der Waals surface area contributed by atoms with Gasteiger partial charge in [0.2, 0.25) is 11.8 Å². The van der Waals surface area contributed by atoms with Gasteiger partial charge in [-0.15, -0.1) is 0 Å². The van der Waals surface area contributed by atoms with Crippen LogP contribution in [0.25, 0.3) is 22.3 Å². The number of imidazole rings is 1. The lowest BCUT2D eigenvalue weighted by Crippen LogP contribution is -2.28. The topological polar surface area (TPSA) is 86.9 Å². The van der Waals surface area contributed by atoms with E-state index in [1.807, 2.05) is 34.8 Å². The van der Waals surface area contributed by atoms with Gasteiger partial charge in [-0.25, -0.2) is 9.97 Å². The average Bonchev–Trinajstić information content (AvgIpc) is 3.39. The number of aromatic nitrogens is 5. The molecule has 4 heterocycles. The Bertz CT molecular complexity index is 1050. The Kier molecular flexibility index (Phi) is 4.80. The summed E-state index contributed by atoms with van der Waals surface area (Å²) in [4.78, 5) is 21.0. The first-order chi connectivity index (χ1) is 13.8. The van der Waals surface area contributed by atoms with Crippen molar-refractivity contribution in [1.82, 2.24) is 29.6 Å². The smallest absolute Gasteiger partial charge is 0.241 e. The van der Waals surface area contributed by atoms with Crippen molar-refractivity contribution in [3.05, 3.63) is 24.8 Å². The maximum Gasteiger partial charge on any atom is 0.241 e. The zero-order valence-electron chi connectivity index (χ0n) is 17.6. The maximum absolute atomic E-state index is 11.7. The lowest BCUT2D eigenvalue weighted by atomic mass is 9.99. The third-order valence-electron chi connectivity index (χ3n) is 5.43. The normalized spacial score (nSPS) is 18.2. The number of carbonyl (C=O) groups excluding carboxylic acids is 1. The number of amides is 1. The summed E-state index contributed by atoms with van der Waals surface area (Å²) in [5, 5.41) is 7.39. The molecule has 2 atom stereocenters. The van der Waals surface area contributed by atoms with Crippen molar-refractivity contribution in [2.45, 2.75) is 52.2 Å². The van der Waals surface area contributed by atoms with Crippen LogP contribution >= 0.6 is 0 Å². The number of fused-ring (bicyclic) bond motifs is 1. The highest BCUT2D eigenvalue weighted by atomic mass is 16.5. The standard InChI is InChI=1S/C21H28N6O2/c1-6-17(13-7-18(28)22-9-13)29-20-19-16(23-12-26(19)5)8-15(25-20)14-10-24-27(11-14)21(2,3)4/h8,10-13,17H,6-7,9H2,1-5H3,(H,22,28)/t13?,17-/m1/s1. The maximum atomic E-state index is 11.7. The van der Waals surface area contributed by atoms with E-state index < -0.39 is 0 Å². The highest BCUT2D eigenvalue weighted by Crippen LogP contribution is 2.31. The molecule has 0 spiro atoms. The first-order valence-corrected chi connectivity index (χ1v) is 10.1. The minimum atomic E-state index is -0.109. The molecule has 1 aliphatic rings. The fourth-order valence-electron chi connectivity index (χ4n) is 3.74. The number of nitrogens with one attached hydrogen (secondary N) is 1. The van der Waals surface area contributed by atoms with Gasteiger partial charge in [-0.1, -0.05) is 6.92 Å². The van der Waals surface area contributed by atoms with E-state index in [-0.39, 0.29) is 23.5 Å². The number of ether oxygens (including phenoxy) is 1. The van der Waals surface area contributed by atoms with Gasteiger partial charge in [-0.05, 0) is 33.3 Å². The SMILES string of the molecule is CC[C@@H](Oc1nc(-c2cnn(C(C)(C)C)c2)cc2ncn(C)c12)C1CNC(=O)C1. The van der Waals surface area contributed by atoms with E-state index in [0.29, 0.717) is 18.8 Å². The molecule has 0 radical (unpaired) electrons. The zero-order chi connectivity index (χ0) is 20.8.